The number of hydrogen-bond acceptors (Lipinski definition) is 5. The van der Waals surface area contributed by atoms with Gasteiger partial charge in [-0.25, -0.2) is 4.98 Å². The third kappa shape index (κ3) is 4.20. The van der Waals surface area contributed by atoms with Crippen LogP contribution in [0.2, 0.25) is 11.8 Å². The van der Waals surface area contributed by atoms with E-state index in [0.29, 0.717) is 5.02 Å². The standard InChI is InChI=1S/C17H20BBrClN5O/c1-18(26)24(2)9-5-8-21-16-10-15(12-6-3-4-7-14(12)20)23-17-13(19)11-22-25(16)17/h3-4,6-7,10-11,21,26H,5,8-9H2,1-2H3. The van der Waals surface area contributed by atoms with E-state index in [-0.39, 0.29) is 0 Å². The van der Waals surface area contributed by atoms with E-state index in [9.17, 15) is 5.02 Å². The first-order valence-corrected chi connectivity index (χ1v) is 9.56. The van der Waals surface area contributed by atoms with Gasteiger partial charge in [-0.1, -0.05) is 29.8 Å². The van der Waals surface area contributed by atoms with Gasteiger partial charge in [0.1, 0.15) is 5.82 Å². The Balaban J connectivity index is 1.86. The van der Waals surface area contributed by atoms with Gasteiger partial charge < -0.3 is 15.2 Å². The molecule has 0 bridgehead atoms. The molecule has 0 fully saturated rings. The number of anilines is 1. The molecule has 136 valence electrons. The molecule has 1 aromatic carbocycles. The van der Waals surface area contributed by atoms with Crippen molar-refractivity contribution in [1.29, 1.82) is 0 Å². The summed E-state index contributed by atoms with van der Waals surface area (Å²) >= 11 is 9.85. The summed E-state index contributed by atoms with van der Waals surface area (Å²) in [5.41, 5.74) is 2.39. The van der Waals surface area contributed by atoms with Crippen molar-refractivity contribution in [2.45, 2.75) is 13.2 Å². The van der Waals surface area contributed by atoms with Crippen molar-refractivity contribution in [2.24, 2.45) is 0 Å². The lowest BCUT2D eigenvalue weighted by Gasteiger charge is -2.17. The van der Waals surface area contributed by atoms with Crippen LogP contribution in [-0.4, -0.2) is 51.6 Å². The first-order valence-electron chi connectivity index (χ1n) is 8.38. The van der Waals surface area contributed by atoms with Crippen LogP contribution in [0.4, 0.5) is 5.82 Å². The van der Waals surface area contributed by atoms with Crippen molar-refractivity contribution >= 4 is 46.0 Å². The fourth-order valence-corrected chi connectivity index (χ4v) is 3.18. The van der Waals surface area contributed by atoms with Gasteiger partial charge in [0.05, 0.1) is 16.4 Å². The molecule has 0 aliphatic heterocycles. The summed E-state index contributed by atoms with van der Waals surface area (Å²) in [4.78, 5) is 6.59. The summed E-state index contributed by atoms with van der Waals surface area (Å²) < 4.78 is 2.59. The predicted octanol–water partition coefficient (Wildman–Crippen LogP) is 3.66. The summed E-state index contributed by atoms with van der Waals surface area (Å²) in [6.45, 7) is 3.30. The minimum Gasteiger partial charge on any atom is -0.437 e. The van der Waals surface area contributed by atoms with Crippen molar-refractivity contribution in [3.63, 3.8) is 0 Å². The third-order valence-electron chi connectivity index (χ3n) is 4.21. The highest BCUT2D eigenvalue weighted by Gasteiger charge is 2.13. The summed E-state index contributed by atoms with van der Waals surface area (Å²) in [5.74, 6) is 0.843. The van der Waals surface area contributed by atoms with E-state index >= 15 is 0 Å². The van der Waals surface area contributed by atoms with Gasteiger partial charge in [0.25, 0.3) is 0 Å². The largest absolute Gasteiger partial charge is 0.437 e. The molecule has 0 aliphatic carbocycles. The molecule has 2 heterocycles. The summed E-state index contributed by atoms with van der Waals surface area (Å²) in [6.07, 6.45) is 2.61. The van der Waals surface area contributed by atoms with E-state index in [0.717, 1.165) is 46.7 Å². The number of nitrogens with zero attached hydrogens (tertiary/aromatic N) is 4. The summed E-state index contributed by atoms with van der Waals surface area (Å²) in [5, 5.41) is 18.0. The van der Waals surface area contributed by atoms with Crippen LogP contribution in [0.1, 0.15) is 6.42 Å². The highest BCUT2D eigenvalue weighted by atomic mass is 79.9. The predicted molar refractivity (Wildman–Crippen MR) is 111 cm³/mol. The molecule has 3 aromatic rings. The molecule has 0 radical (unpaired) electrons. The van der Waals surface area contributed by atoms with E-state index in [4.69, 9.17) is 16.6 Å². The van der Waals surface area contributed by atoms with Gasteiger partial charge >= 0.3 is 7.05 Å². The first kappa shape index (κ1) is 19.2. The lowest BCUT2D eigenvalue weighted by atomic mass is 9.86. The van der Waals surface area contributed by atoms with Crippen LogP contribution in [0.3, 0.4) is 0 Å². The Bertz CT molecular complexity index is 904. The number of hydrogen-bond donors (Lipinski definition) is 2. The molecule has 0 spiro atoms. The highest BCUT2D eigenvalue weighted by Crippen LogP contribution is 2.30. The monoisotopic (exact) mass is 435 g/mol. The van der Waals surface area contributed by atoms with Gasteiger partial charge in [0.15, 0.2) is 5.65 Å². The van der Waals surface area contributed by atoms with Crippen molar-refractivity contribution < 1.29 is 5.02 Å². The molecule has 6 nitrogen and oxygen atoms in total. The van der Waals surface area contributed by atoms with Crippen LogP contribution in [-0.2, 0) is 0 Å². The highest BCUT2D eigenvalue weighted by molar-refractivity contribution is 9.10. The zero-order valence-electron chi connectivity index (χ0n) is 14.7. The Hall–Kier alpha value is -1.61. The Morgan fingerprint density at radius 3 is 2.88 bits per heavy atom. The van der Waals surface area contributed by atoms with Gasteiger partial charge in [0, 0.05) is 23.2 Å². The van der Waals surface area contributed by atoms with Crippen LogP contribution in [0, 0.1) is 0 Å². The van der Waals surface area contributed by atoms with E-state index in [1.807, 2.05) is 42.2 Å². The minimum absolute atomic E-state index is 0.448. The van der Waals surface area contributed by atoms with Crippen LogP contribution in [0.25, 0.3) is 16.9 Å². The second-order valence-corrected chi connectivity index (χ2v) is 7.39. The van der Waals surface area contributed by atoms with E-state index in [1.165, 1.54) is 0 Å². The van der Waals surface area contributed by atoms with Crippen LogP contribution >= 0.6 is 27.5 Å². The Labute approximate surface area is 166 Å². The average Bonchev–Trinajstić information content (AvgIpc) is 3.00. The van der Waals surface area contributed by atoms with Gasteiger partial charge in [-0.05, 0) is 48.8 Å². The van der Waals surface area contributed by atoms with Crippen LogP contribution in [0.15, 0.2) is 41.0 Å². The smallest absolute Gasteiger partial charge is 0.376 e. The fourth-order valence-electron chi connectivity index (χ4n) is 2.60. The number of benzene rings is 1. The van der Waals surface area contributed by atoms with E-state index in [2.05, 4.69) is 26.3 Å². The molecule has 2 aromatic heterocycles. The molecule has 0 atom stereocenters. The lowest BCUT2D eigenvalue weighted by Crippen LogP contribution is -2.34. The molecule has 2 N–H and O–H groups in total. The molecule has 0 amide bonds. The molecule has 0 unspecified atom stereocenters. The number of aromatic nitrogens is 3. The SMILES string of the molecule is CB(O)N(C)CCCNc1cc(-c2ccccc2Cl)nc2c(Br)cnn12. The maximum absolute atomic E-state index is 9.54. The Morgan fingerprint density at radius 2 is 2.15 bits per heavy atom. The maximum Gasteiger partial charge on any atom is 0.376 e. The second-order valence-electron chi connectivity index (χ2n) is 6.13. The van der Waals surface area contributed by atoms with Crippen molar-refractivity contribution in [3.8, 4) is 11.3 Å². The quantitative estimate of drug-likeness (QED) is 0.437. The van der Waals surface area contributed by atoms with Gasteiger partial charge in [-0.2, -0.15) is 9.61 Å². The molecular formula is C17H20BBrClN5O. The number of nitrogens with one attached hydrogen (secondary N) is 1. The maximum atomic E-state index is 9.54. The second kappa shape index (κ2) is 8.39. The minimum atomic E-state index is -0.448. The van der Waals surface area contributed by atoms with Gasteiger partial charge in [-0.15, -0.1) is 0 Å². The number of halogens is 2. The Kier molecular flexibility index (Phi) is 6.18. The first-order chi connectivity index (χ1) is 12.5. The zero-order valence-corrected chi connectivity index (χ0v) is 17.0. The molecule has 26 heavy (non-hydrogen) atoms. The molecule has 9 heteroatoms. The topological polar surface area (TPSA) is 65.7 Å². The third-order valence-corrected chi connectivity index (χ3v) is 5.10. The van der Waals surface area contributed by atoms with Crippen LogP contribution < -0.4 is 5.32 Å². The Morgan fingerprint density at radius 1 is 1.38 bits per heavy atom. The van der Waals surface area contributed by atoms with Crippen molar-refractivity contribution in [1.82, 2.24) is 19.4 Å². The van der Waals surface area contributed by atoms with Gasteiger partial charge in [0.2, 0.25) is 0 Å². The molecule has 3 rings (SSSR count). The molecule has 0 saturated carbocycles. The molecule has 0 saturated heterocycles. The van der Waals surface area contributed by atoms with Gasteiger partial charge in [-0.3, -0.25) is 0 Å². The average molecular weight is 437 g/mol. The van der Waals surface area contributed by atoms with E-state index in [1.54, 1.807) is 17.5 Å². The summed E-state index contributed by atoms with van der Waals surface area (Å²) in [7, 11) is 1.45. The fraction of sp³-hybridized carbons (Fsp3) is 0.294. The normalized spacial score (nSPS) is 11.3. The molecular weight excluding hydrogens is 416 g/mol. The lowest BCUT2D eigenvalue weighted by molar-refractivity contribution is 0.416. The van der Waals surface area contributed by atoms with E-state index < -0.39 is 7.05 Å². The number of rotatable bonds is 7. The van der Waals surface area contributed by atoms with Crippen LogP contribution in [0.5, 0.6) is 0 Å². The zero-order chi connectivity index (χ0) is 18.7. The summed E-state index contributed by atoms with van der Waals surface area (Å²) in [6, 6.07) is 9.60. The van der Waals surface area contributed by atoms with Crippen molar-refractivity contribution in [2.75, 3.05) is 25.5 Å². The van der Waals surface area contributed by atoms with Crippen molar-refractivity contribution in [3.05, 3.63) is 46.0 Å². The molecule has 0 aliphatic rings. The number of fused-ring (bicyclic) bond motifs is 1.